The van der Waals surface area contributed by atoms with Crippen LogP contribution in [0.5, 0.6) is 5.75 Å². The van der Waals surface area contributed by atoms with Gasteiger partial charge in [-0.05, 0) is 48.7 Å². The average Bonchev–Trinajstić information content (AvgIpc) is 2.57. The molecule has 0 radical (unpaired) electrons. The Bertz CT molecular complexity index is 691. The summed E-state index contributed by atoms with van der Waals surface area (Å²) in [5.41, 5.74) is 3.75. The van der Waals surface area contributed by atoms with E-state index in [9.17, 15) is 4.79 Å². The van der Waals surface area contributed by atoms with E-state index in [4.69, 9.17) is 4.74 Å². The van der Waals surface area contributed by atoms with Gasteiger partial charge < -0.3 is 10.1 Å². The fourth-order valence-electron chi connectivity index (χ4n) is 2.12. The lowest BCUT2D eigenvalue weighted by Gasteiger charge is -2.09. The van der Waals surface area contributed by atoms with E-state index in [1.807, 2.05) is 36.9 Å². The van der Waals surface area contributed by atoms with E-state index in [0.717, 1.165) is 21.5 Å². The number of thioether (sulfide) groups is 1. The van der Waals surface area contributed by atoms with Gasteiger partial charge in [-0.25, -0.2) is 0 Å². The molecule has 1 amide bonds. The number of hydrogen-bond acceptors (Lipinski definition) is 3. The molecule has 0 aliphatic heterocycles. The minimum Gasteiger partial charge on any atom is -0.484 e. The Morgan fingerprint density at radius 1 is 1.17 bits per heavy atom. The second-order valence-corrected chi connectivity index (χ2v) is 7.49. The molecular formula is C19H22BrNO2S. The number of rotatable bonds is 8. The normalized spacial score (nSPS) is 10.5. The summed E-state index contributed by atoms with van der Waals surface area (Å²) >= 11 is 5.26. The lowest BCUT2D eigenvalue weighted by Crippen LogP contribution is -2.30. The Morgan fingerprint density at radius 3 is 2.71 bits per heavy atom. The van der Waals surface area contributed by atoms with Crippen LogP contribution in [-0.2, 0) is 10.5 Å². The molecule has 2 aromatic carbocycles. The number of carbonyl (C=O) groups excluding carboxylic acids is 1. The van der Waals surface area contributed by atoms with Gasteiger partial charge in [0.05, 0.1) is 0 Å². The molecule has 0 unspecified atom stereocenters. The monoisotopic (exact) mass is 407 g/mol. The molecule has 0 aromatic heterocycles. The molecule has 0 bridgehead atoms. The molecule has 3 nitrogen and oxygen atoms in total. The Balaban J connectivity index is 1.61. The van der Waals surface area contributed by atoms with Gasteiger partial charge in [-0.1, -0.05) is 40.2 Å². The number of hydrogen-bond donors (Lipinski definition) is 1. The third kappa shape index (κ3) is 6.21. The van der Waals surface area contributed by atoms with Crippen LogP contribution in [-0.4, -0.2) is 24.8 Å². The van der Waals surface area contributed by atoms with Crippen molar-refractivity contribution >= 4 is 33.6 Å². The highest BCUT2D eigenvalue weighted by atomic mass is 79.9. The molecule has 128 valence electrons. The second-order valence-electron chi connectivity index (χ2n) is 5.53. The molecule has 24 heavy (non-hydrogen) atoms. The molecule has 1 N–H and O–H groups in total. The van der Waals surface area contributed by atoms with Crippen molar-refractivity contribution < 1.29 is 9.53 Å². The number of benzene rings is 2. The summed E-state index contributed by atoms with van der Waals surface area (Å²) in [6, 6.07) is 14.1. The highest BCUT2D eigenvalue weighted by molar-refractivity contribution is 9.10. The first kappa shape index (κ1) is 18.9. The third-order valence-electron chi connectivity index (χ3n) is 3.59. The van der Waals surface area contributed by atoms with E-state index in [-0.39, 0.29) is 12.5 Å². The van der Waals surface area contributed by atoms with E-state index in [2.05, 4.69) is 52.4 Å². The van der Waals surface area contributed by atoms with E-state index in [1.54, 1.807) is 0 Å². The maximum absolute atomic E-state index is 11.8. The van der Waals surface area contributed by atoms with Gasteiger partial charge in [-0.2, -0.15) is 11.8 Å². The lowest BCUT2D eigenvalue weighted by atomic mass is 10.1. The van der Waals surface area contributed by atoms with Crippen LogP contribution in [0.15, 0.2) is 46.9 Å². The van der Waals surface area contributed by atoms with Crippen LogP contribution in [0.25, 0.3) is 0 Å². The molecule has 0 aliphatic carbocycles. The van der Waals surface area contributed by atoms with Crippen molar-refractivity contribution in [1.29, 1.82) is 0 Å². The summed E-state index contributed by atoms with van der Waals surface area (Å²) in [6.07, 6.45) is 0. The summed E-state index contributed by atoms with van der Waals surface area (Å²) in [4.78, 5) is 11.8. The Labute approximate surface area is 156 Å². The Morgan fingerprint density at radius 2 is 1.96 bits per heavy atom. The van der Waals surface area contributed by atoms with Crippen molar-refractivity contribution in [3.63, 3.8) is 0 Å². The van der Waals surface area contributed by atoms with Crippen LogP contribution < -0.4 is 10.1 Å². The van der Waals surface area contributed by atoms with Crippen LogP contribution in [0.3, 0.4) is 0 Å². The highest BCUT2D eigenvalue weighted by Gasteiger charge is 2.04. The van der Waals surface area contributed by atoms with Crippen LogP contribution in [0, 0.1) is 13.8 Å². The summed E-state index contributed by atoms with van der Waals surface area (Å²) < 4.78 is 6.54. The average molecular weight is 408 g/mol. The molecule has 0 spiro atoms. The predicted molar refractivity (Wildman–Crippen MR) is 105 cm³/mol. The van der Waals surface area contributed by atoms with Crippen molar-refractivity contribution in [2.24, 2.45) is 0 Å². The van der Waals surface area contributed by atoms with Crippen LogP contribution in [0.2, 0.25) is 0 Å². The number of aryl methyl sites for hydroxylation is 2. The predicted octanol–water partition coefficient (Wildman–Crippen LogP) is 4.49. The molecule has 0 aliphatic rings. The van der Waals surface area contributed by atoms with E-state index in [0.29, 0.717) is 12.3 Å². The molecule has 0 fully saturated rings. The zero-order chi connectivity index (χ0) is 17.4. The third-order valence-corrected chi connectivity index (χ3v) is 5.48. The van der Waals surface area contributed by atoms with Crippen molar-refractivity contribution in [3.05, 3.63) is 63.6 Å². The minimum absolute atomic E-state index is 0.0452. The molecular weight excluding hydrogens is 386 g/mol. The zero-order valence-electron chi connectivity index (χ0n) is 14.0. The van der Waals surface area contributed by atoms with Gasteiger partial charge in [-0.15, -0.1) is 0 Å². The van der Waals surface area contributed by atoms with Crippen LogP contribution in [0.4, 0.5) is 0 Å². The molecule has 2 rings (SSSR count). The van der Waals surface area contributed by atoms with Gasteiger partial charge in [0.15, 0.2) is 6.61 Å². The SMILES string of the molecule is Cc1cc(OCC(=O)NCCSCc2ccccc2C)ccc1Br. The summed E-state index contributed by atoms with van der Waals surface area (Å²) in [5.74, 6) is 2.47. The van der Waals surface area contributed by atoms with Gasteiger partial charge in [-0.3, -0.25) is 4.79 Å². The van der Waals surface area contributed by atoms with Crippen LogP contribution >= 0.6 is 27.7 Å². The lowest BCUT2D eigenvalue weighted by molar-refractivity contribution is -0.122. The van der Waals surface area contributed by atoms with Gasteiger partial charge in [0, 0.05) is 22.5 Å². The van der Waals surface area contributed by atoms with Gasteiger partial charge in [0.25, 0.3) is 5.91 Å². The van der Waals surface area contributed by atoms with Crippen molar-refractivity contribution in [2.75, 3.05) is 18.9 Å². The topological polar surface area (TPSA) is 38.3 Å². The summed E-state index contributed by atoms with van der Waals surface area (Å²) in [6.45, 7) is 4.81. The number of nitrogens with one attached hydrogen (secondary N) is 1. The van der Waals surface area contributed by atoms with Crippen molar-refractivity contribution in [3.8, 4) is 5.75 Å². The fourth-order valence-corrected chi connectivity index (χ4v) is 3.30. The zero-order valence-corrected chi connectivity index (χ0v) is 16.4. The van der Waals surface area contributed by atoms with Crippen molar-refractivity contribution in [2.45, 2.75) is 19.6 Å². The fraction of sp³-hybridized carbons (Fsp3) is 0.316. The van der Waals surface area contributed by atoms with E-state index in [1.165, 1.54) is 11.1 Å². The summed E-state index contributed by atoms with van der Waals surface area (Å²) in [5, 5.41) is 2.89. The molecule has 0 heterocycles. The van der Waals surface area contributed by atoms with Gasteiger partial charge in [0.1, 0.15) is 5.75 Å². The Hall–Kier alpha value is -1.46. The molecule has 0 atom stereocenters. The maximum Gasteiger partial charge on any atom is 0.257 e. The number of ether oxygens (including phenoxy) is 1. The number of amides is 1. The van der Waals surface area contributed by atoms with E-state index >= 15 is 0 Å². The highest BCUT2D eigenvalue weighted by Crippen LogP contribution is 2.21. The van der Waals surface area contributed by atoms with Crippen molar-refractivity contribution in [1.82, 2.24) is 5.32 Å². The molecule has 5 heteroatoms. The largest absolute Gasteiger partial charge is 0.484 e. The van der Waals surface area contributed by atoms with E-state index < -0.39 is 0 Å². The Kier molecular flexibility index (Phi) is 7.66. The minimum atomic E-state index is -0.0907. The maximum atomic E-state index is 11.8. The number of carbonyl (C=O) groups is 1. The first-order valence-corrected chi connectivity index (χ1v) is 9.79. The van der Waals surface area contributed by atoms with Gasteiger partial charge >= 0.3 is 0 Å². The standard InChI is InChI=1S/C19H22BrNO2S/c1-14-5-3-4-6-16(14)13-24-10-9-21-19(22)12-23-17-7-8-18(20)15(2)11-17/h3-8,11H,9-10,12-13H2,1-2H3,(H,21,22). The molecule has 2 aromatic rings. The first-order valence-electron chi connectivity index (χ1n) is 7.84. The first-order chi connectivity index (χ1) is 11.6. The number of halogens is 1. The smallest absolute Gasteiger partial charge is 0.257 e. The molecule has 0 saturated heterocycles. The summed E-state index contributed by atoms with van der Waals surface area (Å²) in [7, 11) is 0. The molecule has 0 saturated carbocycles. The quantitative estimate of drug-likeness (QED) is 0.654. The van der Waals surface area contributed by atoms with Crippen LogP contribution in [0.1, 0.15) is 16.7 Å². The van der Waals surface area contributed by atoms with Gasteiger partial charge in [0.2, 0.25) is 0 Å². The second kappa shape index (κ2) is 9.74.